The van der Waals surface area contributed by atoms with Crippen LogP contribution in [0.3, 0.4) is 0 Å². The van der Waals surface area contributed by atoms with E-state index in [4.69, 9.17) is 19.9 Å². The fraction of sp³-hybridized carbons (Fsp3) is 0.231. The second-order valence-electron chi connectivity index (χ2n) is 11.8. The summed E-state index contributed by atoms with van der Waals surface area (Å²) in [6.45, 7) is 7.52. The Balaban J connectivity index is 1.28. The number of ether oxygens (including phenoxy) is 3. The van der Waals surface area contributed by atoms with Gasteiger partial charge in [-0.1, -0.05) is 98.8 Å². The van der Waals surface area contributed by atoms with E-state index in [0.29, 0.717) is 26.4 Å². The van der Waals surface area contributed by atoms with Crippen LogP contribution in [0.25, 0.3) is 0 Å². The lowest BCUT2D eigenvalue weighted by molar-refractivity contribution is 0.305. The van der Waals surface area contributed by atoms with Gasteiger partial charge in [-0.3, -0.25) is 0 Å². The number of rotatable bonds is 12. The van der Waals surface area contributed by atoms with Gasteiger partial charge in [-0.05, 0) is 70.3 Å². The Bertz CT molecular complexity index is 1640. The zero-order chi connectivity index (χ0) is 30.4. The highest BCUT2D eigenvalue weighted by atomic mass is 16.5. The summed E-state index contributed by atoms with van der Waals surface area (Å²) in [4.78, 5) is 2.52. The van der Waals surface area contributed by atoms with Crippen molar-refractivity contribution in [2.24, 2.45) is 5.73 Å². The molecule has 5 aromatic carbocycles. The molecule has 1 unspecified atom stereocenters. The fourth-order valence-corrected chi connectivity index (χ4v) is 6.11. The van der Waals surface area contributed by atoms with E-state index in [2.05, 4.69) is 97.6 Å². The van der Waals surface area contributed by atoms with E-state index >= 15 is 0 Å². The smallest absolute Gasteiger partial charge is 0.120 e. The molecule has 44 heavy (non-hydrogen) atoms. The molecule has 0 fully saturated rings. The van der Waals surface area contributed by atoms with Crippen LogP contribution in [0.4, 0.5) is 5.69 Å². The number of fused-ring (bicyclic) bond motifs is 1. The molecule has 224 valence electrons. The summed E-state index contributed by atoms with van der Waals surface area (Å²) in [7, 11) is 0. The molecule has 1 heterocycles. The van der Waals surface area contributed by atoms with Crippen LogP contribution in [0.5, 0.6) is 17.2 Å². The second kappa shape index (κ2) is 13.3. The highest BCUT2D eigenvalue weighted by Gasteiger charge is 2.45. The van der Waals surface area contributed by atoms with Crippen molar-refractivity contribution < 1.29 is 14.2 Å². The van der Waals surface area contributed by atoms with Crippen molar-refractivity contribution in [1.29, 1.82) is 0 Å². The SMILES string of the molecule is CC1(C)c2cc(OCc3ccccc3)ccc2N(Cc2ccc(OCCN)cc2)C1c1ccc(OCc2ccccc2)cc1. The molecule has 0 saturated carbocycles. The normalized spacial score (nSPS) is 15.1. The summed E-state index contributed by atoms with van der Waals surface area (Å²) in [5.41, 5.74) is 12.7. The Morgan fingerprint density at radius 2 is 1.16 bits per heavy atom. The standard InChI is InChI=1S/C39H40N2O3/c1-39(2)36-25-35(44-28-31-11-7-4-8-12-31)21-22-37(36)41(26-29-13-17-33(18-14-29)42-24-23-40)38(39)32-15-19-34(20-16-32)43-27-30-9-5-3-6-10-30/h3-22,25,38H,23-24,26-28,40H2,1-2H3. The molecule has 0 spiro atoms. The lowest BCUT2D eigenvalue weighted by atomic mass is 9.77. The van der Waals surface area contributed by atoms with E-state index in [1.807, 2.05) is 48.5 Å². The minimum absolute atomic E-state index is 0.109. The first-order valence-electron chi connectivity index (χ1n) is 15.3. The van der Waals surface area contributed by atoms with Gasteiger partial charge in [0.05, 0.1) is 6.04 Å². The van der Waals surface area contributed by atoms with Crippen molar-refractivity contribution in [3.63, 3.8) is 0 Å². The molecule has 5 aromatic rings. The summed E-state index contributed by atoms with van der Waals surface area (Å²) in [5, 5.41) is 0. The summed E-state index contributed by atoms with van der Waals surface area (Å²) in [5.74, 6) is 2.58. The molecule has 0 saturated heterocycles. The summed E-state index contributed by atoms with van der Waals surface area (Å²) >= 11 is 0. The fourth-order valence-electron chi connectivity index (χ4n) is 6.11. The molecule has 0 aromatic heterocycles. The predicted octanol–water partition coefficient (Wildman–Crippen LogP) is 8.22. The van der Waals surface area contributed by atoms with Gasteiger partial charge < -0.3 is 24.8 Å². The zero-order valence-electron chi connectivity index (χ0n) is 25.5. The van der Waals surface area contributed by atoms with Gasteiger partial charge in [-0.25, -0.2) is 0 Å². The minimum Gasteiger partial charge on any atom is -0.492 e. The van der Waals surface area contributed by atoms with Crippen molar-refractivity contribution in [1.82, 2.24) is 0 Å². The second-order valence-corrected chi connectivity index (χ2v) is 11.8. The lowest BCUT2D eigenvalue weighted by Gasteiger charge is -2.35. The third kappa shape index (κ3) is 6.58. The van der Waals surface area contributed by atoms with E-state index in [0.717, 1.165) is 34.9 Å². The van der Waals surface area contributed by atoms with E-state index < -0.39 is 0 Å². The third-order valence-corrected chi connectivity index (χ3v) is 8.32. The van der Waals surface area contributed by atoms with Crippen molar-refractivity contribution in [2.75, 3.05) is 18.1 Å². The molecule has 0 aliphatic carbocycles. The third-order valence-electron chi connectivity index (χ3n) is 8.32. The Hall–Kier alpha value is -4.74. The van der Waals surface area contributed by atoms with Crippen LogP contribution in [0.2, 0.25) is 0 Å². The lowest BCUT2D eigenvalue weighted by Crippen LogP contribution is -2.33. The van der Waals surface area contributed by atoms with Gasteiger partial charge in [-0.2, -0.15) is 0 Å². The topological polar surface area (TPSA) is 57.0 Å². The van der Waals surface area contributed by atoms with Gasteiger partial charge in [-0.15, -0.1) is 0 Å². The first-order valence-corrected chi connectivity index (χ1v) is 15.3. The van der Waals surface area contributed by atoms with E-state index in [9.17, 15) is 0 Å². The Labute approximate surface area is 260 Å². The van der Waals surface area contributed by atoms with Crippen LogP contribution in [-0.2, 0) is 25.2 Å². The first-order chi connectivity index (χ1) is 21.5. The largest absolute Gasteiger partial charge is 0.492 e. The predicted molar refractivity (Wildman–Crippen MR) is 177 cm³/mol. The van der Waals surface area contributed by atoms with E-state index in [-0.39, 0.29) is 11.5 Å². The summed E-state index contributed by atoms with van der Waals surface area (Å²) < 4.78 is 18.1. The van der Waals surface area contributed by atoms with Crippen LogP contribution < -0.4 is 24.8 Å². The number of hydrogen-bond donors (Lipinski definition) is 1. The van der Waals surface area contributed by atoms with Crippen LogP contribution in [-0.4, -0.2) is 13.2 Å². The number of benzene rings is 5. The average Bonchev–Trinajstić information content (AvgIpc) is 3.28. The molecule has 1 aliphatic rings. The van der Waals surface area contributed by atoms with Gasteiger partial charge in [0.25, 0.3) is 0 Å². The molecule has 2 N–H and O–H groups in total. The number of nitrogens with zero attached hydrogens (tertiary/aromatic N) is 1. The van der Waals surface area contributed by atoms with Gasteiger partial charge in [0.15, 0.2) is 0 Å². The molecule has 1 atom stereocenters. The maximum atomic E-state index is 6.27. The zero-order valence-corrected chi connectivity index (χ0v) is 25.5. The molecule has 6 rings (SSSR count). The van der Waals surface area contributed by atoms with Crippen LogP contribution in [0.1, 0.15) is 47.7 Å². The van der Waals surface area contributed by atoms with Gasteiger partial charge >= 0.3 is 0 Å². The maximum Gasteiger partial charge on any atom is 0.120 e. The van der Waals surface area contributed by atoms with Gasteiger partial charge in [0, 0.05) is 24.2 Å². The van der Waals surface area contributed by atoms with Gasteiger partial charge in [0.1, 0.15) is 37.1 Å². The van der Waals surface area contributed by atoms with Crippen molar-refractivity contribution >= 4 is 5.69 Å². The molecular formula is C39H40N2O3. The van der Waals surface area contributed by atoms with Crippen molar-refractivity contribution in [3.8, 4) is 17.2 Å². The highest BCUT2D eigenvalue weighted by Crippen LogP contribution is 2.54. The molecule has 1 aliphatic heterocycles. The number of nitrogens with two attached hydrogens (primary N) is 1. The Morgan fingerprint density at radius 1 is 0.614 bits per heavy atom. The highest BCUT2D eigenvalue weighted by molar-refractivity contribution is 5.67. The molecule has 0 radical (unpaired) electrons. The van der Waals surface area contributed by atoms with E-state index in [1.54, 1.807) is 0 Å². The quantitative estimate of drug-likeness (QED) is 0.160. The molecule has 5 nitrogen and oxygen atoms in total. The monoisotopic (exact) mass is 584 g/mol. The molecular weight excluding hydrogens is 544 g/mol. The minimum atomic E-state index is -0.182. The molecule has 0 amide bonds. The first kappa shape index (κ1) is 29.3. The van der Waals surface area contributed by atoms with Crippen LogP contribution >= 0.6 is 0 Å². The molecule has 5 heteroatoms. The van der Waals surface area contributed by atoms with Gasteiger partial charge in [0.2, 0.25) is 0 Å². The Morgan fingerprint density at radius 3 is 1.77 bits per heavy atom. The van der Waals surface area contributed by atoms with E-state index in [1.165, 1.54) is 22.4 Å². The number of hydrogen-bond acceptors (Lipinski definition) is 5. The van der Waals surface area contributed by atoms with Crippen molar-refractivity contribution in [2.45, 2.75) is 45.1 Å². The van der Waals surface area contributed by atoms with Crippen LogP contribution in [0.15, 0.2) is 127 Å². The van der Waals surface area contributed by atoms with Crippen molar-refractivity contribution in [3.05, 3.63) is 155 Å². The van der Waals surface area contributed by atoms with Crippen LogP contribution in [0, 0.1) is 0 Å². The summed E-state index contributed by atoms with van der Waals surface area (Å²) in [6.07, 6.45) is 0. The summed E-state index contributed by atoms with van der Waals surface area (Å²) in [6, 6.07) is 44.2. The average molecular weight is 585 g/mol. The maximum absolute atomic E-state index is 6.27. The Kier molecular flexibility index (Phi) is 8.85. The number of anilines is 1. The molecule has 0 bridgehead atoms.